The number of carboxylic acid groups (broad SMARTS) is 2. The minimum Gasteiger partial charge on any atom is -0.489 e. The molecule has 0 unspecified atom stereocenters. The van der Waals surface area contributed by atoms with Gasteiger partial charge in [-0.2, -0.15) is 0 Å². The molecule has 0 aromatic heterocycles. The first-order chi connectivity index (χ1) is 13.8. The molecule has 3 rings (SSSR count). The molecule has 0 saturated carbocycles. The zero-order chi connectivity index (χ0) is 21.4. The van der Waals surface area contributed by atoms with Gasteiger partial charge in [-0.15, -0.1) is 0 Å². The molecule has 0 aliphatic rings. The number of rotatable bonds is 5. The Hall–Kier alpha value is -2.83. The monoisotopic (exact) mass is 476 g/mol. The van der Waals surface area contributed by atoms with E-state index in [2.05, 4.69) is 28.1 Å². The predicted octanol–water partition coefficient (Wildman–Crippen LogP) is 6.07. The highest BCUT2D eigenvalue weighted by Gasteiger charge is 2.21. The molecule has 0 aliphatic carbocycles. The van der Waals surface area contributed by atoms with Gasteiger partial charge in [0.2, 0.25) is 0 Å². The highest BCUT2D eigenvalue weighted by Crippen LogP contribution is 2.30. The van der Waals surface area contributed by atoms with E-state index in [-0.39, 0.29) is 26.2 Å². The lowest BCUT2D eigenvalue weighted by Gasteiger charge is -2.09. The molecule has 29 heavy (non-hydrogen) atoms. The van der Waals surface area contributed by atoms with Gasteiger partial charge < -0.3 is 14.9 Å². The summed E-state index contributed by atoms with van der Waals surface area (Å²) in [5, 5.41) is 17.7. The van der Waals surface area contributed by atoms with Crippen molar-refractivity contribution in [3.05, 3.63) is 98.5 Å². The molecular weight excluding hydrogens is 460 g/mol. The number of carboxylic acids is 2. The molecule has 0 fully saturated rings. The Bertz CT molecular complexity index is 913. The standard InChI is InChI=1S/C13H12O.C9H6BrClO4/c1-3-7-12(8-4-1)11-14-13-9-5-2-6-10-13;1-3-6(8(12)13)4(10)2-5(11)7(3)9(14)15/h1-10H,11H2;2H,1H3,(H,12,13)(H,14,15). The second kappa shape index (κ2) is 10.6. The van der Waals surface area contributed by atoms with E-state index in [4.69, 9.17) is 26.6 Å². The zero-order valence-corrected chi connectivity index (χ0v) is 17.8. The van der Waals surface area contributed by atoms with Crippen molar-refractivity contribution < 1.29 is 24.5 Å². The largest absolute Gasteiger partial charge is 0.489 e. The summed E-state index contributed by atoms with van der Waals surface area (Å²) in [6.07, 6.45) is 0. The van der Waals surface area contributed by atoms with Crippen molar-refractivity contribution in [2.24, 2.45) is 0 Å². The molecule has 2 N–H and O–H groups in total. The smallest absolute Gasteiger partial charge is 0.337 e. The minimum atomic E-state index is -1.24. The van der Waals surface area contributed by atoms with Gasteiger partial charge in [-0.25, -0.2) is 9.59 Å². The molecule has 0 bridgehead atoms. The number of hydrogen-bond donors (Lipinski definition) is 2. The molecule has 5 nitrogen and oxygen atoms in total. The van der Waals surface area contributed by atoms with Crippen LogP contribution >= 0.6 is 27.5 Å². The van der Waals surface area contributed by atoms with E-state index in [0.29, 0.717) is 6.61 Å². The van der Waals surface area contributed by atoms with Gasteiger partial charge in [0.25, 0.3) is 0 Å². The van der Waals surface area contributed by atoms with E-state index >= 15 is 0 Å². The summed E-state index contributed by atoms with van der Waals surface area (Å²) in [6, 6.07) is 21.3. The average molecular weight is 478 g/mol. The first-order valence-corrected chi connectivity index (χ1v) is 9.65. The highest BCUT2D eigenvalue weighted by atomic mass is 79.9. The Kier molecular flexibility index (Phi) is 8.24. The molecule has 3 aromatic rings. The van der Waals surface area contributed by atoms with Crippen LogP contribution in [0.3, 0.4) is 0 Å². The Morgan fingerprint density at radius 2 is 1.45 bits per heavy atom. The number of aromatic carboxylic acids is 2. The van der Waals surface area contributed by atoms with Crippen LogP contribution in [0.4, 0.5) is 0 Å². The van der Waals surface area contributed by atoms with Crippen molar-refractivity contribution in [1.82, 2.24) is 0 Å². The summed E-state index contributed by atoms with van der Waals surface area (Å²) < 4.78 is 5.86. The lowest BCUT2D eigenvalue weighted by atomic mass is 10.0. The fourth-order valence-corrected chi connectivity index (χ4v) is 3.68. The first-order valence-electron chi connectivity index (χ1n) is 8.48. The van der Waals surface area contributed by atoms with Crippen LogP contribution in [0.15, 0.2) is 71.2 Å². The number of hydrogen-bond acceptors (Lipinski definition) is 3. The first kappa shape index (κ1) is 22.5. The maximum atomic E-state index is 10.9. The third-order valence-electron chi connectivity index (χ3n) is 3.90. The van der Waals surface area contributed by atoms with Crippen LogP contribution in [0.25, 0.3) is 0 Å². The van der Waals surface area contributed by atoms with Crippen molar-refractivity contribution in [2.45, 2.75) is 13.5 Å². The third-order valence-corrected chi connectivity index (χ3v) is 4.82. The van der Waals surface area contributed by atoms with Crippen LogP contribution in [-0.2, 0) is 6.61 Å². The molecule has 0 atom stereocenters. The van der Waals surface area contributed by atoms with E-state index in [1.54, 1.807) is 0 Å². The Labute approximate surface area is 181 Å². The van der Waals surface area contributed by atoms with E-state index < -0.39 is 11.9 Å². The van der Waals surface area contributed by atoms with Crippen LogP contribution in [0.2, 0.25) is 5.02 Å². The third kappa shape index (κ3) is 6.34. The van der Waals surface area contributed by atoms with Gasteiger partial charge in [0.1, 0.15) is 12.4 Å². The van der Waals surface area contributed by atoms with Gasteiger partial charge in [0, 0.05) is 4.47 Å². The summed E-state index contributed by atoms with van der Waals surface area (Å²) in [5.41, 5.74) is 1.06. The number of carbonyl (C=O) groups is 2. The predicted molar refractivity (Wildman–Crippen MR) is 115 cm³/mol. The lowest BCUT2D eigenvalue weighted by Crippen LogP contribution is -2.08. The zero-order valence-electron chi connectivity index (χ0n) is 15.4. The van der Waals surface area contributed by atoms with Crippen LogP contribution in [0, 0.1) is 6.92 Å². The SMILES string of the molecule is Cc1c(C(=O)O)c(Cl)cc(Br)c1C(=O)O.c1ccc(COc2ccccc2)cc1. The maximum Gasteiger partial charge on any atom is 0.337 e. The van der Waals surface area contributed by atoms with Crippen molar-refractivity contribution in [2.75, 3.05) is 0 Å². The summed E-state index contributed by atoms with van der Waals surface area (Å²) in [6.45, 7) is 2.04. The number of para-hydroxylation sites is 1. The van der Waals surface area contributed by atoms with Crippen LogP contribution in [0.1, 0.15) is 31.8 Å². The van der Waals surface area contributed by atoms with Crippen molar-refractivity contribution in [1.29, 1.82) is 0 Å². The number of halogens is 2. The van der Waals surface area contributed by atoms with Gasteiger partial charge in [-0.3, -0.25) is 0 Å². The van der Waals surface area contributed by atoms with Gasteiger partial charge in [0.15, 0.2) is 0 Å². The van der Waals surface area contributed by atoms with E-state index in [0.717, 1.165) is 5.75 Å². The van der Waals surface area contributed by atoms with E-state index in [1.165, 1.54) is 18.6 Å². The lowest BCUT2D eigenvalue weighted by molar-refractivity contribution is 0.0695. The quantitative estimate of drug-likeness (QED) is 0.466. The van der Waals surface area contributed by atoms with Crippen LogP contribution < -0.4 is 4.74 Å². The van der Waals surface area contributed by atoms with Gasteiger partial charge >= 0.3 is 11.9 Å². The molecule has 0 saturated heterocycles. The second-order valence-corrected chi connectivity index (χ2v) is 7.17. The molecular formula is C22H18BrClO5. The molecule has 0 radical (unpaired) electrons. The molecule has 0 aliphatic heterocycles. The molecule has 0 amide bonds. The van der Waals surface area contributed by atoms with Crippen LogP contribution in [-0.4, -0.2) is 22.2 Å². The molecule has 0 heterocycles. The number of benzene rings is 3. The normalized spacial score (nSPS) is 9.90. The summed E-state index contributed by atoms with van der Waals surface area (Å²) in [7, 11) is 0. The summed E-state index contributed by atoms with van der Waals surface area (Å²) in [4.78, 5) is 21.7. The Morgan fingerprint density at radius 1 is 0.931 bits per heavy atom. The van der Waals surface area contributed by atoms with E-state index in [9.17, 15) is 9.59 Å². The molecule has 150 valence electrons. The minimum absolute atomic E-state index is 0.0110. The Balaban J connectivity index is 0.000000207. The summed E-state index contributed by atoms with van der Waals surface area (Å²) in [5.74, 6) is -1.53. The highest BCUT2D eigenvalue weighted by molar-refractivity contribution is 9.10. The topological polar surface area (TPSA) is 83.8 Å². The average Bonchev–Trinajstić information content (AvgIpc) is 2.67. The fourth-order valence-electron chi connectivity index (χ4n) is 2.52. The Morgan fingerprint density at radius 3 is 1.97 bits per heavy atom. The maximum absolute atomic E-state index is 10.9. The van der Waals surface area contributed by atoms with E-state index in [1.807, 2.05) is 48.5 Å². The number of ether oxygens (including phenoxy) is 1. The van der Waals surface area contributed by atoms with Crippen molar-refractivity contribution in [3.8, 4) is 5.75 Å². The van der Waals surface area contributed by atoms with Crippen molar-refractivity contribution in [3.63, 3.8) is 0 Å². The second-order valence-electron chi connectivity index (χ2n) is 5.91. The molecule has 7 heteroatoms. The van der Waals surface area contributed by atoms with Crippen molar-refractivity contribution >= 4 is 39.5 Å². The molecule has 0 spiro atoms. The van der Waals surface area contributed by atoms with Gasteiger partial charge in [-0.05, 0) is 52.2 Å². The molecule has 3 aromatic carbocycles. The summed E-state index contributed by atoms with van der Waals surface area (Å²) >= 11 is 8.73. The van der Waals surface area contributed by atoms with Gasteiger partial charge in [-0.1, -0.05) is 60.1 Å². The van der Waals surface area contributed by atoms with Crippen LogP contribution in [0.5, 0.6) is 5.75 Å². The van der Waals surface area contributed by atoms with Gasteiger partial charge in [0.05, 0.1) is 16.1 Å². The fraction of sp³-hybridized carbons (Fsp3) is 0.0909.